The molecule has 0 aliphatic rings. The van der Waals surface area contributed by atoms with Gasteiger partial charge < -0.3 is 24.7 Å². The molecule has 7 nitrogen and oxygen atoms in total. The van der Waals surface area contributed by atoms with E-state index in [1.807, 2.05) is 30.3 Å². The highest BCUT2D eigenvalue weighted by atomic mass is 16.5. The van der Waals surface area contributed by atoms with Crippen LogP contribution >= 0.6 is 0 Å². The van der Waals surface area contributed by atoms with Gasteiger partial charge in [0.2, 0.25) is 0 Å². The highest BCUT2D eigenvalue weighted by Gasteiger charge is 2.17. The van der Waals surface area contributed by atoms with Gasteiger partial charge in [0.05, 0.1) is 37.5 Å². The SMILES string of the molecule is CCOC(=O)CCOc1cc(C(=O)OCC)c(N)cc1OCc1ccccc1. The molecule has 0 fully saturated rings. The monoisotopic (exact) mass is 387 g/mol. The summed E-state index contributed by atoms with van der Waals surface area (Å²) in [6.45, 7) is 4.35. The minimum Gasteiger partial charge on any atom is -0.489 e. The molecule has 0 aliphatic carbocycles. The Kier molecular flexibility index (Phi) is 8.14. The zero-order valence-corrected chi connectivity index (χ0v) is 16.1. The minimum atomic E-state index is -0.551. The fourth-order valence-corrected chi connectivity index (χ4v) is 2.40. The van der Waals surface area contributed by atoms with Crippen LogP contribution in [-0.2, 0) is 20.9 Å². The number of carbonyl (C=O) groups excluding carboxylic acids is 2. The zero-order chi connectivity index (χ0) is 20.4. The average molecular weight is 387 g/mol. The maximum Gasteiger partial charge on any atom is 0.340 e. The van der Waals surface area contributed by atoms with Crippen molar-refractivity contribution < 1.29 is 28.5 Å². The number of hydrogen-bond donors (Lipinski definition) is 1. The molecular weight excluding hydrogens is 362 g/mol. The number of esters is 2. The Hall–Kier alpha value is -3.22. The van der Waals surface area contributed by atoms with Gasteiger partial charge >= 0.3 is 11.9 Å². The van der Waals surface area contributed by atoms with Crippen LogP contribution in [0.3, 0.4) is 0 Å². The standard InChI is InChI=1S/C21H25NO6/c1-3-25-20(23)10-11-27-18-12-16(21(24)26-4-2)17(22)13-19(18)28-14-15-8-6-5-7-9-15/h5-9,12-13H,3-4,10-11,14,22H2,1-2H3. The Morgan fingerprint density at radius 2 is 1.61 bits per heavy atom. The summed E-state index contributed by atoms with van der Waals surface area (Å²) in [7, 11) is 0. The van der Waals surface area contributed by atoms with E-state index >= 15 is 0 Å². The van der Waals surface area contributed by atoms with Crippen molar-refractivity contribution in [2.24, 2.45) is 0 Å². The van der Waals surface area contributed by atoms with Crippen LogP contribution in [0.25, 0.3) is 0 Å². The van der Waals surface area contributed by atoms with E-state index in [-0.39, 0.29) is 36.9 Å². The van der Waals surface area contributed by atoms with Gasteiger partial charge in [-0.15, -0.1) is 0 Å². The Balaban J connectivity index is 2.18. The van der Waals surface area contributed by atoms with Gasteiger partial charge in [-0.25, -0.2) is 4.79 Å². The summed E-state index contributed by atoms with van der Waals surface area (Å²) in [5.41, 5.74) is 7.36. The lowest BCUT2D eigenvalue weighted by molar-refractivity contribution is -0.143. The first-order chi connectivity index (χ1) is 13.5. The number of ether oxygens (including phenoxy) is 4. The van der Waals surface area contributed by atoms with Crippen molar-refractivity contribution in [2.45, 2.75) is 26.9 Å². The number of benzene rings is 2. The van der Waals surface area contributed by atoms with Gasteiger partial charge in [0.25, 0.3) is 0 Å². The van der Waals surface area contributed by atoms with Crippen LogP contribution in [0.15, 0.2) is 42.5 Å². The largest absolute Gasteiger partial charge is 0.489 e. The molecule has 0 atom stereocenters. The molecule has 2 aromatic carbocycles. The van der Waals surface area contributed by atoms with Crippen molar-refractivity contribution in [1.29, 1.82) is 0 Å². The van der Waals surface area contributed by atoms with Crippen LogP contribution < -0.4 is 15.2 Å². The molecule has 0 saturated carbocycles. The van der Waals surface area contributed by atoms with E-state index in [4.69, 9.17) is 24.7 Å². The molecule has 2 rings (SSSR count). The molecule has 0 unspecified atom stereocenters. The summed E-state index contributed by atoms with van der Waals surface area (Å²) in [5, 5.41) is 0. The third-order valence-electron chi connectivity index (χ3n) is 3.72. The molecule has 0 heterocycles. The van der Waals surface area contributed by atoms with Crippen LogP contribution in [0.4, 0.5) is 5.69 Å². The van der Waals surface area contributed by atoms with Crippen LogP contribution in [0, 0.1) is 0 Å². The van der Waals surface area contributed by atoms with Crippen LogP contribution in [0.2, 0.25) is 0 Å². The first kappa shape index (κ1) is 21.1. The smallest absolute Gasteiger partial charge is 0.340 e. The molecule has 0 spiro atoms. The van der Waals surface area contributed by atoms with Crippen LogP contribution in [0.5, 0.6) is 11.5 Å². The topological polar surface area (TPSA) is 97.1 Å². The predicted molar refractivity (Wildman–Crippen MR) is 104 cm³/mol. The highest BCUT2D eigenvalue weighted by Crippen LogP contribution is 2.33. The maximum atomic E-state index is 12.1. The molecular formula is C21H25NO6. The molecule has 2 N–H and O–H groups in total. The fraction of sp³-hybridized carbons (Fsp3) is 0.333. The summed E-state index contributed by atoms with van der Waals surface area (Å²) in [6, 6.07) is 12.6. The van der Waals surface area contributed by atoms with E-state index in [9.17, 15) is 9.59 Å². The van der Waals surface area contributed by atoms with Crippen molar-refractivity contribution in [3.05, 3.63) is 53.6 Å². The van der Waals surface area contributed by atoms with Gasteiger partial charge in [0.1, 0.15) is 6.61 Å². The second-order valence-corrected chi connectivity index (χ2v) is 5.78. The first-order valence-electron chi connectivity index (χ1n) is 9.10. The number of nitrogens with two attached hydrogens (primary N) is 1. The summed E-state index contributed by atoms with van der Waals surface area (Å²) in [5.74, 6) is -0.240. The van der Waals surface area contributed by atoms with Crippen molar-refractivity contribution in [3.63, 3.8) is 0 Å². The number of rotatable bonds is 10. The van der Waals surface area contributed by atoms with E-state index in [1.165, 1.54) is 12.1 Å². The summed E-state index contributed by atoms with van der Waals surface area (Å²) < 4.78 is 21.4. The Labute approximate surface area is 164 Å². The molecule has 0 aliphatic heterocycles. The van der Waals surface area contributed by atoms with Crippen LogP contribution in [-0.4, -0.2) is 31.8 Å². The molecule has 2 aromatic rings. The zero-order valence-electron chi connectivity index (χ0n) is 16.1. The highest BCUT2D eigenvalue weighted by molar-refractivity contribution is 5.96. The lowest BCUT2D eigenvalue weighted by Gasteiger charge is -2.15. The van der Waals surface area contributed by atoms with E-state index < -0.39 is 5.97 Å². The summed E-state index contributed by atoms with van der Waals surface area (Å²) in [6.07, 6.45) is 0.0745. The van der Waals surface area contributed by atoms with Crippen LogP contribution in [0.1, 0.15) is 36.2 Å². The predicted octanol–water partition coefficient (Wildman–Crippen LogP) is 3.36. The third kappa shape index (κ3) is 6.19. The van der Waals surface area contributed by atoms with Crippen molar-refractivity contribution >= 4 is 17.6 Å². The second-order valence-electron chi connectivity index (χ2n) is 5.78. The molecule has 0 bridgehead atoms. The summed E-state index contributed by atoms with van der Waals surface area (Å²) >= 11 is 0. The number of anilines is 1. The fourth-order valence-electron chi connectivity index (χ4n) is 2.40. The van der Waals surface area contributed by atoms with E-state index in [2.05, 4.69) is 0 Å². The van der Waals surface area contributed by atoms with Crippen molar-refractivity contribution in [2.75, 3.05) is 25.6 Å². The molecule has 28 heavy (non-hydrogen) atoms. The maximum absolute atomic E-state index is 12.1. The lowest BCUT2D eigenvalue weighted by Crippen LogP contribution is -2.12. The lowest BCUT2D eigenvalue weighted by atomic mass is 10.1. The Morgan fingerprint density at radius 3 is 2.29 bits per heavy atom. The van der Waals surface area contributed by atoms with E-state index in [0.29, 0.717) is 24.7 Å². The van der Waals surface area contributed by atoms with Gasteiger partial charge in [-0.2, -0.15) is 0 Å². The van der Waals surface area contributed by atoms with Gasteiger partial charge in [-0.3, -0.25) is 4.79 Å². The minimum absolute atomic E-state index is 0.0745. The second kappa shape index (κ2) is 10.8. The molecule has 7 heteroatoms. The van der Waals surface area contributed by atoms with E-state index in [1.54, 1.807) is 13.8 Å². The number of nitrogen functional groups attached to an aromatic ring is 1. The van der Waals surface area contributed by atoms with Gasteiger partial charge in [-0.05, 0) is 19.4 Å². The quantitative estimate of drug-likeness (QED) is 0.493. The summed E-state index contributed by atoms with van der Waals surface area (Å²) in [4.78, 5) is 23.6. The molecule has 0 aromatic heterocycles. The van der Waals surface area contributed by atoms with E-state index in [0.717, 1.165) is 5.56 Å². The molecule has 150 valence electrons. The first-order valence-corrected chi connectivity index (χ1v) is 9.10. The molecule has 0 saturated heterocycles. The molecule has 0 amide bonds. The Morgan fingerprint density at radius 1 is 0.929 bits per heavy atom. The normalized spacial score (nSPS) is 10.2. The van der Waals surface area contributed by atoms with Crippen molar-refractivity contribution in [1.82, 2.24) is 0 Å². The number of carbonyl (C=O) groups is 2. The van der Waals surface area contributed by atoms with Crippen molar-refractivity contribution in [3.8, 4) is 11.5 Å². The third-order valence-corrected chi connectivity index (χ3v) is 3.72. The van der Waals surface area contributed by atoms with Gasteiger partial charge in [0, 0.05) is 12.1 Å². The van der Waals surface area contributed by atoms with Gasteiger partial charge in [-0.1, -0.05) is 30.3 Å². The average Bonchev–Trinajstić information content (AvgIpc) is 2.68. The number of hydrogen-bond acceptors (Lipinski definition) is 7. The Bertz CT molecular complexity index is 791. The molecule has 0 radical (unpaired) electrons. The van der Waals surface area contributed by atoms with Gasteiger partial charge in [0.15, 0.2) is 11.5 Å².